The first-order valence-corrected chi connectivity index (χ1v) is 6.68. The van der Waals surface area contributed by atoms with E-state index in [1.807, 2.05) is 34.7 Å². The number of hydrogen-bond acceptors (Lipinski definition) is 4. The van der Waals surface area contributed by atoms with Crippen LogP contribution >= 0.6 is 0 Å². The molecule has 2 aromatic rings. The molecule has 0 aliphatic carbocycles. The summed E-state index contributed by atoms with van der Waals surface area (Å²) in [6.07, 6.45) is 0.836. The van der Waals surface area contributed by atoms with Crippen LogP contribution in [0, 0.1) is 13.8 Å². The van der Waals surface area contributed by atoms with Gasteiger partial charge in [0.2, 0.25) is 0 Å². The van der Waals surface area contributed by atoms with E-state index in [9.17, 15) is 5.11 Å². The molecular weight excluding hydrogens is 256 g/mol. The summed E-state index contributed by atoms with van der Waals surface area (Å²) in [5.41, 5.74) is 3.24. The Labute approximate surface area is 119 Å². The van der Waals surface area contributed by atoms with Crippen LogP contribution < -0.4 is 4.74 Å². The number of rotatable bonds is 4. The molecular formula is C14H22N4O2. The predicted octanol–water partition coefficient (Wildman–Crippen LogP) is 1.90. The molecule has 2 rings (SSSR count). The van der Waals surface area contributed by atoms with E-state index in [-0.39, 0.29) is 6.04 Å². The SMILES string of the molecule is COc1cnn(C(C)C)c1C(O)c1c(C)nn(C)c1C. The third kappa shape index (κ3) is 2.20. The van der Waals surface area contributed by atoms with E-state index in [0.29, 0.717) is 11.4 Å². The van der Waals surface area contributed by atoms with Gasteiger partial charge in [-0.2, -0.15) is 10.2 Å². The number of aliphatic hydroxyl groups excluding tert-OH is 1. The largest absolute Gasteiger partial charge is 0.493 e. The molecule has 0 radical (unpaired) electrons. The zero-order chi connectivity index (χ0) is 15.0. The van der Waals surface area contributed by atoms with Crippen molar-refractivity contribution in [1.29, 1.82) is 0 Å². The second-order valence-electron chi connectivity index (χ2n) is 5.25. The molecule has 0 bridgehead atoms. The van der Waals surface area contributed by atoms with Crippen LogP contribution in [0.25, 0.3) is 0 Å². The van der Waals surface area contributed by atoms with Crippen molar-refractivity contribution in [3.63, 3.8) is 0 Å². The Hall–Kier alpha value is -1.82. The summed E-state index contributed by atoms with van der Waals surface area (Å²) in [4.78, 5) is 0. The lowest BCUT2D eigenvalue weighted by molar-refractivity contribution is 0.198. The highest BCUT2D eigenvalue weighted by atomic mass is 16.5. The van der Waals surface area contributed by atoms with Crippen molar-refractivity contribution >= 4 is 0 Å². The minimum absolute atomic E-state index is 0.140. The maximum atomic E-state index is 10.8. The minimum Gasteiger partial charge on any atom is -0.493 e. The molecule has 2 aromatic heterocycles. The van der Waals surface area contributed by atoms with Crippen molar-refractivity contribution in [2.45, 2.75) is 39.8 Å². The molecule has 110 valence electrons. The Bertz CT molecular complexity index is 613. The van der Waals surface area contributed by atoms with Crippen LogP contribution in [0.2, 0.25) is 0 Å². The van der Waals surface area contributed by atoms with Crippen molar-refractivity contribution in [3.8, 4) is 5.75 Å². The first-order valence-electron chi connectivity index (χ1n) is 6.68. The molecule has 20 heavy (non-hydrogen) atoms. The molecule has 6 nitrogen and oxygen atoms in total. The van der Waals surface area contributed by atoms with E-state index in [1.54, 1.807) is 22.7 Å². The zero-order valence-corrected chi connectivity index (χ0v) is 12.9. The molecule has 1 atom stereocenters. The number of aliphatic hydroxyl groups is 1. The molecule has 0 aromatic carbocycles. The van der Waals surface area contributed by atoms with E-state index in [4.69, 9.17) is 4.74 Å². The van der Waals surface area contributed by atoms with Crippen molar-refractivity contribution < 1.29 is 9.84 Å². The molecule has 1 N–H and O–H groups in total. The molecule has 0 fully saturated rings. The number of aryl methyl sites for hydroxylation is 2. The van der Waals surface area contributed by atoms with Gasteiger partial charge in [0.1, 0.15) is 11.8 Å². The Morgan fingerprint density at radius 3 is 2.40 bits per heavy atom. The number of ether oxygens (including phenoxy) is 1. The fourth-order valence-corrected chi connectivity index (χ4v) is 2.51. The number of hydrogen-bond donors (Lipinski definition) is 1. The van der Waals surface area contributed by atoms with Gasteiger partial charge in [-0.1, -0.05) is 0 Å². The third-order valence-electron chi connectivity index (χ3n) is 3.61. The second-order valence-corrected chi connectivity index (χ2v) is 5.25. The molecule has 6 heteroatoms. The van der Waals surface area contributed by atoms with Gasteiger partial charge in [0.25, 0.3) is 0 Å². The quantitative estimate of drug-likeness (QED) is 0.927. The number of methoxy groups -OCH3 is 1. The van der Waals surface area contributed by atoms with Crippen LogP contribution in [0.15, 0.2) is 6.20 Å². The summed E-state index contributed by atoms with van der Waals surface area (Å²) in [7, 11) is 3.45. The molecule has 0 amide bonds. The summed E-state index contributed by atoms with van der Waals surface area (Å²) >= 11 is 0. The van der Waals surface area contributed by atoms with Gasteiger partial charge < -0.3 is 9.84 Å². The van der Waals surface area contributed by atoms with Crippen molar-refractivity contribution in [3.05, 3.63) is 28.8 Å². The molecule has 0 saturated heterocycles. The van der Waals surface area contributed by atoms with E-state index in [2.05, 4.69) is 10.2 Å². The van der Waals surface area contributed by atoms with Crippen LogP contribution in [0.1, 0.15) is 48.6 Å². The first-order chi connectivity index (χ1) is 9.38. The molecule has 0 saturated carbocycles. The highest BCUT2D eigenvalue weighted by Gasteiger charge is 2.27. The maximum Gasteiger partial charge on any atom is 0.163 e. The molecule has 1 unspecified atom stereocenters. The number of aromatic nitrogens is 4. The van der Waals surface area contributed by atoms with Crippen LogP contribution in [0.4, 0.5) is 0 Å². The minimum atomic E-state index is -0.802. The average molecular weight is 278 g/mol. The lowest BCUT2D eigenvalue weighted by atomic mass is 10.0. The van der Waals surface area contributed by atoms with E-state index in [0.717, 1.165) is 17.0 Å². The van der Waals surface area contributed by atoms with Gasteiger partial charge in [0.15, 0.2) is 5.75 Å². The Balaban J connectivity index is 2.58. The van der Waals surface area contributed by atoms with Gasteiger partial charge in [-0.05, 0) is 27.7 Å². The lowest BCUT2D eigenvalue weighted by Gasteiger charge is -2.17. The van der Waals surface area contributed by atoms with Crippen molar-refractivity contribution in [2.75, 3.05) is 7.11 Å². The summed E-state index contributed by atoms with van der Waals surface area (Å²) in [5, 5.41) is 19.5. The second kappa shape index (κ2) is 5.28. The third-order valence-corrected chi connectivity index (χ3v) is 3.61. The molecule has 2 heterocycles. The highest BCUT2D eigenvalue weighted by Crippen LogP contribution is 2.34. The summed E-state index contributed by atoms with van der Waals surface area (Å²) in [6.45, 7) is 7.88. The van der Waals surface area contributed by atoms with Gasteiger partial charge in [-0.15, -0.1) is 0 Å². The smallest absolute Gasteiger partial charge is 0.163 e. The van der Waals surface area contributed by atoms with Crippen LogP contribution in [0.3, 0.4) is 0 Å². The molecule has 0 aliphatic heterocycles. The van der Waals surface area contributed by atoms with Crippen LogP contribution in [-0.2, 0) is 7.05 Å². The van der Waals surface area contributed by atoms with Crippen molar-refractivity contribution in [1.82, 2.24) is 19.6 Å². The van der Waals surface area contributed by atoms with Gasteiger partial charge >= 0.3 is 0 Å². The molecule has 0 spiro atoms. The van der Waals surface area contributed by atoms with E-state index >= 15 is 0 Å². The lowest BCUT2D eigenvalue weighted by Crippen LogP contribution is -2.14. The average Bonchev–Trinajstić information content (AvgIpc) is 2.91. The zero-order valence-electron chi connectivity index (χ0n) is 12.9. The monoisotopic (exact) mass is 278 g/mol. The standard InChI is InChI=1S/C14H22N4O2/c1-8(2)18-13(11(20-6)7-15-18)14(19)12-9(3)16-17(5)10(12)4/h7-8,14,19H,1-6H3. The van der Waals surface area contributed by atoms with Gasteiger partial charge in [0.05, 0.1) is 19.0 Å². The number of nitrogens with zero attached hydrogens (tertiary/aromatic N) is 4. The maximum absolute atomic E-state index is 10.8. The van der Waals surface area contributed by atoms with E-state index in [1.165, 1.54) is 0 Å². The Morgan fingerprint density at radius 1 is 1.30 bits per heavy atom. The van der Waals surface area contributed by atoms with E-state index < -0.39 is 6.10 Å². The Kier molecular flexibility index (Phi) is 3.85. The summed E-state index contributed by atoms with van der Waals surface area (Å²) in [5.74, 6) is 0.592. The normalized spacial score (nSPS) is 13.0. The Morgan fingerprint density at radius 2 is 1.95 bits per heavy atom. The fourth-order valence-electron chi connectivity index (χ4n) is 2.51. The van der Waals surface area contributed by atoms with Gasteiger partial charge in [-0.3, -0.25) is 9.36 Å². The van der Waals surface area contributed by atoms with Gasteiger partial charge in [0, 0.05) is 24.3 Å². The van der Waals surface area contributed by atoms with Crippen molar-refractivity contribution in [2.24, 2.45) is 7.05 Å². The summed E-state index contributed by atoms with van der Waals surface area (Å²) in [6, 6.07) is 0.140. The topological polar surface area (TPSA) is 65.1 Å². The molecule has 0 aliphatic rings. The van der Waals surface area contributed by atoms with Crippen LogP contribution in [-0.4, -0.2) is 31.8 Å². The predicted molar refractivity (Wildman–Crippen MR) is 75.9 cm³/mol. The highest BCUT2D eigenvalue weighted by molar-refractivity contribution is 5.38. The van der Waals surface area contributed by atoms with Gasteiger partial charge in [-0.25, -0.2) is 0 Å². The first kappa shape index (κ1) is 14.6. The summed E-state index contributed by atoms with van der Waals surface area (Å²) < 4.78 is 8.90. The van der Waals surface area contributed by atoms with Crippen LogP contribution in [0.5, 0.6) is 5.75 Å². The fraction of sp³-hybridized carbons (Fsp3) is 0.571.